The van der Waals surface area contributed by atoms with Gasteiger partial charge < -0.3 is 4.74 Å². The largest absolute Gasteiger partial charge is 0.466 e. The summed E-state index contributed by atoms with van der Waals surface area (Å²) in [4.78, 5) is 34.9. The Labute approximate surface area is 181 Å². The molecule has 0 spiro atoms. The van der Waals surface area contributed by atoms with Crippen molar-refractivity contribution in [1.82, 2.24) is 5.32 Å². The number of thioether (sulfide) groups is 2. The molecule has 1 saturated heterocycles. The Hall–Kier alpha value is -2.66. The summed E-state index contributed by atoms with van der Waals surface area (Å²) >= 11 is 2.52. The molecule has 0 unspecified atom stereocenters. The van der Waals surface area contributed by atoms with Crippen LogP contribution in [0.4, 0.5) is 5.69 Å². The predicted octanol–water partition coefficient (Wildman–Crippen LogP) is 3.63. The van der Waals surface area contributed by atoms with Gasteiger partial charge in [0.1, 0.15) is 0 Å². The zero-order valence-electron chi connectivity index (χ0n) is 16.2. The minimum Gasteiger partial charge on any atom is -0.466 e. The number of ether oxygens (including phenoxy) is 1. The first kappa shape index (κ1) is 22.0. The lowest BCUT2D eigenvalue weighted by atomic mass is 10.0. The molecule has 2 aliphatic rings. The lowest BCUT2D eigenvalue weighted by Gasteiger charge is -2.20. The van der Waals surface area contributed by atoms with Crippen LogP contribution in [0.2, 0.25) is 0 Å². The summed E-state index contributed by atoms with van der Waals surface area (Å²) in [5, 5.41) is 22.4. The molecule has 0 aromatic heterocycles. The van der Waals surface area contributed by atoms with Crippen molar-refractivity contribution in [2.45, 2.75) is 42.2 Å². The molecule has 1 aromatic rings. The van der Waals surface area contributed by atoms with Crippen molar-refractivity contribution in [1.29, 1.82) is 0 Å². The highest BCUT2D eigenvalue weighted by Crippen LogP contribution is 2.38. The number of benzene rings is 1. The van der Waals surface area contributed by atoms with Crippen molar-refractivity contribution in [2.24, 2.45) is 10.2 Å². The van der Waals surface area contributed by atoms with Gasteiger partial charge in [-0.1, -0.05) is 25.3 Å². The van der Waals surface area contributed by atoms with Gasteiger partial charge in [-0.05, 0) is 30.7 Å². The summed E-state index contributed by atoms with van der Waals surface area (Å²) < 4.78 is 4.49. The molecule has 1 aromatic carbocycles. The van der Waals surface area contributed by atoms with E-state index in [1.54, 1.807) is 23.9 Å². The van der Waals surface area contributed by atoms with Crippen LogP contribution in [0, 0.1) is 10.1 Å². The number of hydrogen-bond donors (Lipinski definition) is 1. The maximum atomic E-state index is 11.8. The third-order valence-electron chi connectivity index (χ3n) is 4.48. The number of nitrogens with one attached hydrogen (secondary N) is 1. The molecule has 1 aliphatic carbocycles. The second kappa shape index (κ2) is 10.4. The highest BCUT2D eigenvalue weighted by molar-refractivity contribution is 8.18. The quantitative estimate of drug-likeness (QED) is 0.232. The van der Waals surface area contributed by atoms with Crippen molar-refractivity contribution in [3.8, 4) is 0 Å². The van der Waals surface area contributed by atoms with Crippen LogP contribution in [-0.2, 0) is 14.3 Å². The normalized spacial score (nSPS) is 20.1. The minimum absolute atomic E-state index is 0.0500. The summed E-state index contributed by atoms with van der Waals surface area (Å²) in [6.07, 6.45) is 8.18. The van der Waals surface area contributed by atoms with E-state index in [1.807, 2.05) is 0 Å². The van der Waals surface area contributed by atoms with Crippen LogP contribution in [0.15, 0.2) is 44.3 Å². The number of amidine groups is 1. The first-order chi connectivity index (χ1) is 14.5. The molecule has 30 heavy (non-hydrogen) atoms. The van der Waals surface area contributed by atoms with Gasteiger partial charge in [-0.2, -0.15) is 5.10 Å². The topological polar surface area (TPSA) is 123 Å². The average Bonchev–Trinajstić information content (AvgIpc) is 3.08. The molecule has 1 heterocycles. The minimum atomic E-state index is -0.643. The molecule has 3 rings (SSSR count). The Kier molecular flexibility index (Phi) is 7.63. The SMILES string of the molecule is COC(=O)/C=C1/S/C(=N\N=Cc2ccc(SC3CCCCC3)c([N+](=O)[O-])c2)NC1=O. The smallest absolute Gasteiger partial charge is 0.331 e. The van der Waals surface area contributed by atoms with Gasteiger partial charge in [0.25, 0.3) is 11.6 Å². The van der Waals surface area contributed by atoms with Gasteiger partial charge in [0.05, 0.1) is 28.0 Å². The Bertz CT molecular complexity index is 939. The number of esters is 1. The van der Waals surface area contributed by atoms with Gasteiger partial charge in [-0.25, -0.2) is 4.79 Å². The van der Waals surface area contributed by atoms with Crippen LogP contribution in [0.3, 0.4) is 0 Å². The Morgan fingerprint density at radius 3 is 2.83 bits per heavy atom. The van der Waals surface area contributed by atoms with E-state index in [4.69, 9.17) is 0 Å². The van der Waals surface area contributed by atoms with Gasteiger partial charge >= 0.3 is 5.97 Å². The number of nitrogens with zero attached hydrogens (tertiary/aromatic N) is 3. The number of rotatable bonds is 6. The summed E-state index contributed by atoms with van der Waals surface area (Å²) in [6.45, 7) is 0. The predicted molar refractivity (Wildman–Crippen MR) is 117 cm³/mol. The van der Waals surface area contributed by atoms with Crippen molar-refractivity contribution >= 4 is 52.5 Å². The van der Waals surface area contributed by atoms with Gasteiger partial charge in [0.2, 0.25) is 0 Å². The number of nitro benzene ring substituents is 1. The van der Waals surface area contributed by atoms with Crippen LogP contribution in [0.25, 0.3) is 0 Å². The number of hydrogen-bond acceptors (Lipinski definition) is 9. The Balaban J connectivity index is 1.69. The average molecular weight is 449 g/mol. The van der Waals surface area contributed by atoms with E-state index in [1.165, 1.54) is 38.7 Å². The van der Waals surface area contributed by atoms with E-state index in [9.17, 15) is 19.7 Å². The lowest BCUT2D eigenvalue weighted by molar-refractivity contribution is -0.387. The molecule has 2 fully saturated rings. The maximum Gasteiger partial charge on any atom is 0.331 e. The summed E-state index contributed by atoms with van der Waals surface area (Å²) in [6, 6.07) is 4.97. The van der Waals surface area contributed by atoms with Crippen LogP contribution in [0.1, 0.15) is 37.7 Å². The number of carbonyl (C=O) groups excluding carboxylic acids is 2. The Morgan fingerprint density at radius 2 is 2.13 bits per heavy atom. The summed E-state index contributed by atoms with van der Waals surface area (Å²) in [5.41, 5.74) is 0.577. The molecule has 0 radical (unpaired) electrons. The molecule has 0 bridgehead atoms. The molecular weight excluding hydrogens is 428 g/mol. The van der Waals surface area contributed by atoms with E-state index >= 15 is 0 Å². The van der Waals surface area contributed by atoms with Gasteiger partial charge in [-0.3, -0.25) is 20.2 Å². The highest BCUT2D eigenvalue weighted by atomic mass is 32.2. The van der Waals surface area contributed by atoms with E-state index < -0.39 is 11.9 Å². The number of methoxy groups -OCH3 is 1. The third kappa shape index (κ3) is 5.92. The number of amides is 1. The van der Waals surface area contributed by atoms with Crippen molar-refractivity contribution in [2.75, 3.05) is 7.11 Å². The molecule has 1 aliphatic heterocycles. The van der Waals surface area contributed by atoms with Gasteiger partial charge in [0.15, 0.2) is 5.17 Å². The number of nitro groups is 1. The molecule has 1 N–H and O–H groups in total. The zero-order chi connectivity index (χ0) is 21.5. The first-order valence-electron chi connectivity index (χ1n) is 9.31. The summed E-state index contributed by atoms with van der Waals surface area (Å²) in [7, 11) is 1.22. The standard InChI is InChI=1S/C19H20N4O5S2/c1-28-17(24)10-16-18(25)21-19(30-16)22-20-11-12-7-8-15(14(9-12)23(26)27)29-13-5-3-2-4-6-13/h7-11,13H,2-6H2,1H3,(H,21,22,25)/b16-10+,20-11?. The Morgan fingerprint density at radius 1 is 1.37 bits per heavy atom. The van der Waals surface area contributed by atoms with Crippen molar-refractivity contribution in [3.63, 3.8) is 0 Å². The van der Waals surface area contributed by atoms with E-state index in [-0.39, 0.29) is 20.7 Å². The van der Waals surface area contributed by atoms with Crippen molar-refractivity contribution < 1.29 is 19.2 Å². The second-order valence-corrected chi connectivity index (χ2v) is 8.97. The lowest BCUT2D eigenvalue weighted by Crippen LogP contribution is -2.19. The monoisotopic (exact) mass is 448 g/mol. The fraction of sp³-hybridized carbons (Fsp3) is 0.368. The van der Waals surface area contributed by atoms with Crippen molar-refractivity contribution in [3.05, 3.63) is 44.9 Å². The molecule has 158 valence electrons. The molecule has 1 amide bonds. The fourth-order valence-corrected chi connectivity index (χ4v) is 5.08. The van der Waals surface area contributed by atoms with Crippen LogP contribution in [-0.4, -0.2) is 40.5 Å². The van der Waals surface area contributed by atoms with E-state index in [0.717, 1.165) is 30.7 Å². The first-order valence-corrected chi connectivity index (χ1v) is 11.0. The molecule has 9 nitrogen and oxygen atoms in total. The van der Waals surface area contributed by atoms with E-state index in [0.29, 0.717) is 15.7 Å². The van der Waals surface area contributed by atoms with Crippen LogP contribution < -0.4 is 5.32 Å². The molecule has 11 heteroatoms. The van der Waals surface area contributed by atoms with E-state index in [2.05, 4.69) is 20.3 Å². The molecule has 0 atom stereocenters. The molecular formula is C19H20N4O5S2. The highest BCUT2D eigenvalue weighted by Gasteiger charge is 2.25. The van der Waals surface area contributed by atoms with Gasteiger partial charge in [-0.15, -0.1) is 16.9 Å². The van der Waals surface area contributed by atoms with Gasteiger partial charge in [0, 0.05) is 23.0 Å². The summed E-state index contributed by atoms with van der Waals surface area (Å²) in [5.74, 6) is -1.12. The third-order valence-corrected chi connectivity index (χ3v) is 6.79. The fourth-order valence-electron chi connectivity index (χ4n) is 3.01. The second-order valence-electron chi connectivity index (χ2n) is 6.60. The molecule has 1 saturated carbocycles. The number of carbonyl (C=O) groups is 2. The maximum absolute atomic E-state index is 11.8. The zero-order valence-corrected chi connectivity index (χ0v) is 17.8. The van der Waals surface area contributed by atoms with Crippen LogP contribution in [0.5, 0.6) is 0 Å². The van der Waals surface area contributed by atoms with Crippen LogP contribution >= 0.6 is 23.5 Å².